The number of carbonyl (C=O) groups excluding carboxylic acids is 3. The molecule has 0 bridgehead atoms. The highest BCUT2D eigenvalue weighted by Gasteiger charge is 2.16. The van der Waals surface area contributed by atoms with Gasteiger partial charge in [-0.05, 0) is 6.42 Å². The number of alkyl halides is 2. The maximum Gasteiger partial charge on any atom is 0.303 e. The molecule has 0 aliphatic rings. The lowest BCUT2D eigenvalue weighted by Gasteiger charge is -2.16. The molecule has 0 fully saturated rings. The van der Waals surface area contributed by atoms with Crippen molar-refractivity contribution in [2.45, 2.75) is 50.9 Å². The van der Waals surface area contributed by atoms with Crippen LogP contribution in [0.3, 0.4) is 0 Å². The summed E-state index contributed by atoms with van der Waals surface area (Å²) < 4.78 is 26.6. The third-order valence-corrected chi connectivity index (χ3v) is 3.63. The fourth-order valence-electron chi connectivity index (χ4n) is 1.95. The number of nitrogens with zero attached hydrogens (tertiary/aromatic N) is 1. The molecule has 0 aliphatic carbocycles. The van der Waals surface area contributed by atoms with Crippen LogP contribution in [0.15, 0.2) is 0 Å². The predicted octanol–water partition coefficient (Wildman–Crippen LogP) is -0.503. The van der Waals surface area contributed by atoms with E-state index in [1.165, 1.54) is 0 Å². The van der Waals surface area contributed by atoms with Crippen molar-refractivity contribution in [1.29, 1.82) is 0 Å². The van der Waals surface area contributed by atoms with Crippen LogP contribution in [-0.2, 0) is 19.2 Å². The lowest BCUT2D eigenvalue weighted by Crippen LogP contribution is -2.35. The Balaban J connectivity index is 3.86. The van der Waals surface area contributed by atoms with Crippen LogP contribution in [0.4, 0.5) is 8.78 Å². The minimum atomic E-state index is -1.54. The van der Waals surface area contributed by atoms with Gasteiger partial charge in [0.2, 0.25) is 17.7 Å². The molecule has 0 saturated carbocycles. The molecule has 0 saturated heterocycles. The quantitative estimate of drug-likeness (QED) is 0.179. The molecule has 0 radical (unpaired) electrons. The monoisotopic (exact) mass is 410 g/mol. The number of amides is 3. The van der Waals surface area contributed by atoms with Gasteiger partial charge >= 0.3 is 5.97 Å². The maximum atomic E-state index is 13.7. The molecule has 6 N–H and O–H groups in total. The van der Waals surface area contributed by atoms with Gasteiger partial charge in [-0.15, -0.1) is 0 Å². The molecule has 0 aromatic carbocycles. The minimum Gasteiger partial charge on any atom is -0.481 e. The van der Waals surface area contributed by atoms with Crippen molar-refractivity contribution in [2.24, 2.45) is 5.73 Å². The Morgan fingerprint density at radius 1 is 0.929 bits per heavy atom. The highest BCUT2D eigenvalue weighted by molar-refractivity contribution is 5.83. The smallest absolute Gasteiger partial charge is 0.303 e. The van der Waals surface area contributed by atoms with Gasteiger partial charge in [0.15, 0.2) is 0 Å². The zero-order valence-electron chi connectivity index (χ0n) is 15.5. The van der Waals surface area contributed by atoms with Crippen LogP contribution >= 0.6 is 0 Å². The van der Waals surface area contributed by atoms with Gasteiger partial charge in [0.1, 0.15) is 12.3 Å². The van der Waals surface area contributed by atoms with Crippen LogP contribution in [0, 0.1) is 0 Å². The van der Waals surface area contributed by atoms with Crippen molar-refractivity contribution in [3.05, 3.63) is 0 Å². The molecule has 0 aromatic rings. The van der Waals surface area contributed by atoms with Crippen LogP contribution in [0.25, 0.3) is 0 Å². The van der Waals surface area contributed by atoms with Gasteiger partial charge < -0.3 is 21.5 Å². The van der Waals surface area contributed by atoms with Crippen molar-refractivity contribution in [3.8, 4) is 0 Å². The summed E-state index contributed by atoms with van der Waals surface area (Å²) in [7, 11) is 0. The lowest BCUT2D eigenvalue weighted by molar-refractivity contribution is -0.167. The number of nitrogens with one attached hydrogen (secondary N) is 2. The summed E-state index contributed by atoms with van der Waals surface area (Å²) in [6.07, 6.45) is -4.08. The van der Waals surface area contributed by atoms with Gasteiger partial charge in [-0.1, -0.05) is 0 Å². The molecule has 28 heavy (non-hydrogen) atoms. The largest absolute Gasteiger partial charge is 0.481 e. The molecule has 0 rings (SSSR count). The summed E-state index contributed by atoms with van der Waals surface area (Å²) in [4.78, 5) is 44.7. The van der Waals surface area contributed by atoms with Crippen molar-refractivity contribution in [2.75, 3.05) is 26.2 Å². The van der Waals surface area contributed by atoms with Crippen molar-refractivity contribution in [3.63, 3.8) is 0 Å². The number of hydrogen-bond donors (Lipinski definition) is 5. The molecule has 162 valence electrons. The van der Waals surface area contributed by atoms with Gasteiger partial charge in [-0.2, -0.15) is 0 Å². The summed E-state index contributed by atoms with van der Waals surface area (Å²) in [5.74, 6) is -3.02. The topological polar surface area (TPSA) is 162 Å². The third kappa shape index (κ3) is 13.8. The summed E-state index contributed by atoms with van der Waals surface area (Å²) in [5, 5.41) is 22.8. The molecule has 10 nitrogen and oxygen atoms in total. The first kappa shape index (κ1) is 25.7. The standard InChI is InChI=1S/C16H28F2N4O6/c17-11(9-19)5-7-20-13(23)1-2-14(24)21-10-12(18)6-8-22(28)15(25)3-4-16(26)27/h11-12,28H,1-10,19H2,(H,20,23)(H,21,24)(H,26,27). The first-order chi connectivity index (χ1) is 13.1. The number of carboxylic acid groups (broad SMARTS) is 1. The number of rotatable bonds is 15. The maximum absolute atomic E-state index is 13.7. The normalized spacial score (nSPS) is 12.7. The first-order valence-electron chi connectivity index (χ1n) is 8.88. The average molecular weight is 410 g/mol. The summed E-state index contributed by atoms with van der Waals surface area (Å²) in [5.41, 5.74) is 5.10. The second kappa shape index (κ2) is 14.7. The van der Waals surface area contributed by atoms with Crippen molar-refractivity contribution in [1.82, 2.24) is 15.7 Å². The Morgan fingerprint density at radius 3 is 2.11 bits per heavy atom. The molecule has 0 spiro atoms. The third-order valence-electron chi connectivity index (χ3n) is 3.63. The number of aliphatic carboxylic acids is 1. The van der Waals surface area contributed by atoms with Gasteiger partial charge in [0, 0.05) is 45.3 Å². The number of hydrogen-bond acceptors (Lipinski definition) is 6. The molecular weight excluding hydrogens is 382 g/mol. The van der Waals surface area contributed by atoms with Crippen LogP contribution in [0.2, 0.25) is 0 Å². The van der Waals surface area contributed by atoms with Gasteiger partial charge in [0.05, 0.1) is 13.0 Å². The van der Waals surface area contributed by atoms with Crippen LogP contribution in [0.5, 0.6) is 0 Å². The second-order valence-corrected chi connectivity index (χ2v) is 6.07. The average Bonchev–Trinajstić information content (AvgIpc) is 2.66. The van der Waals surface area contributed by atoms with E-state index in [0.717, 1.165) is 0 Å². The SMILES string of the molecule is NCC(F)CCNC(=O)CCC(=O)NCC(F)CCN(O)C(=O)CCC(=O)O. The van der Waals surface area contributed by atoms with E-state index in [9.17, 15) is 33.2 Å². The fourth-order valence-corrected chi connectivity index (χ4v) is 1.95. The van der Waals surface area contributed by atoms with Crippen molar-refractivity contribution < 1.29 is 38.3 Å². The Labute approximate surface area is 161 Å². The number of carbonyl (C=O) groups is 4. The highest BCUT2D eigenvalue weighted by atomic mass is 19.1. The second-order valence-electron chi connectivity index (χ2n) is 6.07. The van der Waals surface area contributed by atoms with Gasteiger partial charge in [-0.25, -0.2) is 13.8 Å². The summed E-state index contributed by atoms with van der Waals surface area (Å²) in [6.45, 7) is -0.741. The highest BCUT2D eigenvalue weighted by Crippen LogP contribution is 2.02. The molecular formula is C16H28F2N4O6. The summed E-state index contributed by atoms with van der Waals surface area (Å²) >= 11 is 0. The number of halogens is 2. The Bertz CT molecular complexity index is 523. The van der Waals surface area contributed by atoms with E-state index in [1.807, 2.05) is 0 Å². The Morgan fingerprint density at radius 2 is 1.54 bits per heavy atom. The van der Waals surface area contributed by atoms with E-state index >= 15 is 0 Å². The number of hydroxylamine groups is 2. The number of carboxylic acids is 1. The molecule has 0 aromatic heterocycles. The van der Waals surface area contributed by atoms with E-state index in [0.29, 0.717) is 0 Å². The van der Waals surface area contributed by atoms with Gasteiger partial charge in [0.25, 0.3) is 0 Å². The van der Waals surface area contributed by atoms with Crippen molar-refractivity contribution >= 4 is 23.7 Å². The van der Waals surface area contributed by atoms with E-state index in [4.69, 9.17) is 10.8 Å². The molecule has 0 heterocycles. The molecule has 12 heteroatoms. The van der Waals surface area contributed by atoms with Gasteiger partial charge in [-0.3, -0.25) is 24.4 Å². The first-order valence-corrected chi connectivity index (χ1v) is 8.88. The Hall–Kier alpha value is -2.34. The zero-order valence-corrected chi connectivity index (χ0v) is 15.5. The van der Waals surface area contributed by atoms with Crippen LogP contribution < -0.4 is 16.4 Å². The lowest BCUT2D eigenvalue weighted by atomic mass is 10.2. The van der Waals surface area contributed by atoms with E-state index in [2.05, 4.69) is 10.6 Å². The van der Waals surface area contributed by atoms with Crippen LogP contribution in [0.1, 0.15) is 38.5 Å². The summed E-state index contributed by atoms with van der Waals surface area (Å²) in [6, 6.07) is 0. The molecule has 2 unspecified atom stereocenters. The predicted molar refractivity (Wildman–Crippen MR) is 93.7 cm³/mol. The van der Waals surface area contributed by atoms with Crippen LogP contribution in [-0.4, -0.2) is 77.6 Å². The van der Waals surface area contributed by atoms with E-state index in [1.54, 1.807) is 0 Å². The van der Waals surface area contributed by atoms with E-state index in [-0.39, 0.29) is 56.9 Å². The fraction of sp³-hybridized carbons (Fsp3) is 0.750. The number of nitrogens with two attached hydrogens (primary N) is 1. The molecule has 3 amide bonds. The molecule has 2 atom stereocenters. The Kier molecular flexibility index (Phi) is 13.5. The molecule has 0 aliphatic heterocycles. The van der Waals surface area contributed by atoms with E-state index < -0.39 is 48.9 Å². The zero-order chi connectivity index (χ0) is 21.5. The minimum absolute atomic E-state index is 0.0820.